The second-order valence-electron chi connectivity index (χ2n) is 5.96. The second-order valence-corrected chi connectivity index (χ2v) is 5.96. The van der Waals surface area contributed by atoms with Gasteiger partial charge in [-0.05, 0) is 37.4 Å². The van der Waals surface area contributed by atoms with Crippen LogP contribution in [0.2, 0.25) is 0 Å². The normalized spacial score (nSPS) is 18.1. The number of aromatic nitrogens is 3. The zero-order valence-electron chi connectivity index (χ0n) is 12.7. The molecule has 0 saturated heterocycles. The van der Waals surface area contributed by atoms with Gasteiger partial charge in [-0.15, -0.1) is 5.10 Å². The van der Waals surface area contributed by atoms with Gasteiger partial charge < -0.3 is 5.32 Å². The van der Waals surface area contributed by atoms with E-state index in [2.05, 4.69) is 17.3 Å². The molecule has 0 aromatic carbocycles. The van der Waals surface area contributed by atoms with Crippen LogP contribution in [0, 0.1) is 5.92 Å². The summed E-state index contributed by atoms with van der Waals surface area (Å²) in [5, 5.41) is 8.02. The molecule has 21 heavy (non-hydrogen) atoms. The van der Waals surface area contributed by atoms with Crippen molar-refractivity contribution in [3.05, 3.63) is 34.9 Å². The topological polar surface area (TPSA) is 51.3 Å². The third kappa shape index (κ3) is 3.02. The fraction of sp³-hybridized carbons (Fsp3) is 0.625. The number of hydrogen-bond donors (Lipinski definition) is 1. The number of nitrogens with zero attached hydrogens (tertiary/aromatic N) is 3. The lowest BCUT2D eigenvalue weighted by Crippen LogP contribution is -2.42. The third-order valence-corrected chi connectivity index (χ3v) is 4.54. The van der Waals surface area contributed by atoms with Gasteiger partial charge in [-0.3, -0.25) is 4.40 Å². The predicted molar refractivity (Wildman–Crippen MR) is 83.5 cm³/mol. The lowest BCUT2D eigenvalue weighted by atomic mass is 9.84. The highest BCUT2D eigenvalue weighted by Crippen LogP contribution is 2.27. The zero-order chi connectivity index (χ0) is 14.7. The summed E-state index contributed by atoms with van der Waals surface area (Å²) in [4.78, 5) is 12.4. The summed E-state index contributed by atoms with van der Waals surface area (Å²) < 4.78 is 3.24. The molecule has 1 fully saturated rings. The summed E-state index contributed by atoms with van der Waals surface area (Å²) in [5.74, 6) is 0.662. The van der Waals surface area contributed by atoms with Crippen LogP contribution < -0.4 is 11.0 Å². The molecule has 0 spiro atoms. The Balaban J connectivity index is 1.83. The van der Waals surface area contributed by atoms with Crippen molar-refractivity contribution in [2.45, 2.75) is 51.6 Å². The molecular formula is C16H24N4O. The van der Waals surface area contributed by atoms with Gasteiger partial charge in [-0.2, -0.15) is 0 Å². The summed E-state index contributed by atoms with van der Waals surface area (Å²) in [6, 6.07) is 6.00. The Morgan fingerprint density at radius 2 is 2.14 bits per heavy atom. The van der Waals surface area contributed by atoms with E-state index in [1.54, 1.807) is 15.3 Å². The molecule has 3 rings (SSSR count). The van der Waals surface area contributed by atoms with Crippen LogP contribution in [0.25, 0.3) is 5.65 Å². The van der Waals surface area contributed by atoms with E-state index < -0.39 is 0 Å². The number of nitrogens with one attached hydrogen (secondary N) is 1. The Morgan fingerprint density at radius 3 is 2.86 bits per heavy atom. The average Bonchev–Trinajstić information content (AvgIpc) is 2.84. The van der Waals surface area contributed by atoms with Crippen LogP contribution in [-0.2, 0) is 6.54 Å². The Morgan fingerprint density at radius 1 is 1.33 bits per heavy atom. The van der Waals surface area contributed by atoms with Gasteiger partial charge in [0.1, 0.15) is 0 Å². The third-order valence-electron chi connectivity index (χ3n) is 4.54. The molecule has 5 nitrogen and oxygen atoms in total. The minimum Gasteiger partial charge on any atom is -0.312 e. The lowest BCUT2D eigenvalue weighted by molar-refractivity contribution is 0.243. The molecule has 2 heterocycles. The smallest absolute Gasteiger partial charge is 0.312 e. The first kappa shape index (κ1) is 14.3. The van der Waals surface area contributed by atoms with Gasteiger partial charge in [-0.1, -0.05) is 32.3 Å². The maximum atomic E-state index is 12.4. The highest BCUT2D eigenvalue weighted by molar-refractivity contribution is 5.35. The van der Waals surface area contributed by atoms with Crippen molar-refractivity contribution in [2.24, 2.45) is 5.92 Å². The van der Waals surface area contributed by atoms with Crippen LogP contribution in [0.5, 0.6) is 0 Å². The molecule has 1 N–H and O–H groups in total. The number of pyridine rings is 1. The molecule has 1 saturated carbocycles. The van der Waals surface area contributed by atoms with Crippen LogP contribution in [-0.4, -0.2) is 26.8 Å². The molecular weight excluding hydrogens is 264 g/mol. The van der Waals surface area contributed by atoms with Gasteiger partial charge in [0.2, 0.25) is 0 Å². The van der Waals surface area contributed by atoms with Crippen molar-refractivity contribution in [2.75, 3.05) is 6.54 Å². The molecule has 0 bridgehead atoms. The Labute approximate surface area is 125 Å². The molecule has 5 heteroatoms. The van der Waals surface area contributed by atoms with E-state index in [9.17, 15) is 4.79 Å². The first-order chi connectivity index (χ1) is 10.3. The molecule has 1 unspecified atom stereocenters. The number of hydrogen-bond acceptors (Lipinski definition) is 3. The highest BCUT2D eigenvalue weighted by atomic mass is 16.2. The van der Waals surface area contributed by atoms with Gasteiger partial charge in [-0.25, -0.2) is 9.48 Å². The molecule has 0 aliphatic heterocycles. The molecule has 1 atom stereocenters. The summed E-state index contributed by atoms with van der Waals surface area (Å²) in [5.41, 5.74) is 0.686. The van der Waals surface area contributed by atoms with Crippen molar-refractivity contribution in [3.63, 3.8) is 0 Å². The molecule has 0 amide bonds. The van der Waals surface area contributed by atoms with Gasteiger partial charge >= 0.3 is 5.69 Å². The fourth-order valence-corrected chi connectivity index (χ4v) is 3.45. The van der Waals surface area contributed by atoms with E-state index in [4.69, 9.17) is 0 Å². The zero-order valence-corrected chi connectivity index (χ0v) is 12.7. The minimum absolute atomic E-state index is 0.0377. The fourth-order valence-electron chi connectivity index (χ4n) is 3.45. The van der Waals surface area contributed by atoms with Crippen LogP contribution in [0.15, 0.2) is 29.2 Å². The number of rotatable bonds is 5. The molecule has 114 valence electrons. The Bertz CT molecular complexity index is 639. The van der Waals surface area contributed by atoms with E-state index >= 15 is 0 Å². The van der Waals surface area contributed by atoms with E-state index in [0.717, 1.165) is 12.2 Å². The maximum Gasteiger partial charge on any atom is 0.350 e. The quantitative estimate of drug-likeness (QED) is 0.916. The highest BCUT2D eigenvalue weighted by Gasteiger charge is 2.24. The molecule has 2 aromatic rings. The van der Waals surface area contributed by atoms with Crippen LogP contribution in [0.1, 0.15) is 39.0 Å². The van der Waals surface area contributed by atoms with Crippen molar-refractivity contribution in [1.29, 1.82) is 0 Å². The molecule has 0 radical (unpaired) electrons. The summed E-state index contributed by atoms with van der Waals surface area (Å²) in [6.45, 7) is 3.73. The molecule has 1 aliphatic rings. The molecule has 1 aliphatic carbocycles. The Hall–Kier alpha value is -1.62. The maximum absolute atomic E-state index is 12.4. The largest absolute Gasteiger partial charge is 0.350 e. The number of likely N-dealkylation sites (N-methyl/N-ethyl adjacent to an activating group) is 1. The van der Waals surface area contributed by atoms with E-state index in [1.165, 1.54) is 32.1 Å². The van der Waals surface area contributed by atoms with Crippen molar-refractivity contribution in [1.82, 2.24) is 19.5 Å². The summed E-state index contributed by atoms with van der Waals surface area (Å²) in [7, 11) is 0. The average molecular weight is 288 g/mol. The minimum atomic E-state index is -0.0377. The van der Waals surface area contributed by atoms with Gasteiger partial charge in [0.25, 0.3) is 0 Å². The number of fused-ring (bicyclic) bond motifs is 1. The Kier molecular flexibility index (Phi) is 4.39. The van der Waals surface area contributed by atoms with E-state index in [0.29, 0.717) is 18.5 Å². The van der Waals surface area contributed by atoms with Gasteiger partial charge in [0, 0.05) is 12.2 Å². The predicted octanol–water partition coefficient (Wildman–Crippen LogP) is 2.05. The van der Waals surface area contributed by atoms with Crippen molar-refractivity contribution in [3.8, 4) is 0 Å². The van der Waals surface area contributed by atoms with Crippen molar-refractivity contribution < 1.29 is 0 Å². The van der Waals surface area contributed by atoms with Crippen molar-refractivity contribution >= 4 is 5.65 Å². The van der Waals surface area contributed by atoms with E-state index in [-0.39, 0.29) is 5.69 Å². The van der Waals surface area contributed by atoms with Crippen LogP contribution in [0.4, 0.5) is 0 Å². The van der Waals surface area contributed by atoms with E-state index in [1.807, 2.05) is 18.2 Å². The molecule has 2 aromatic heterocycles. The first-order valence-corrected chi connectivity index (χ1v) is 8.07. The van der Waals surface area contributed by atoms with Gasteiger partial charge in [0.15, 0.2) is 5.65 Å². The van der Waals surface area contributed by atoms with Crippen LogP contribution >= 0.6 is 0 Å². The second kappa shape index (κ2) is 6.43. The lowest BCUT2D eigenvalue weighted by Gasteiger charge is -2.30. The summed E-state index contributed by atoms with van der Waals surface area (Å²) >= 11 is 0. The standard InChI is InChI=1S/C16H24N4O/c1-2-17-14(13-8-4-3-5-9-13)12-20-16(21)19-11-7-6-10-15(19)18-20/h6-7,10-11,13-14,17H,2-5,8-9,12H2,1H3. The monoisotopic (exact) mass is 288 g/mol. The summed E-state index contributed by atoms with van der Waals surface area (Å²) in [6.07, 6.45) is 8.28. The SMILES string of the molecule is CCNC(Cn1nc2ccccn2c1=O)C1CCCCC1. The first-order valence-electron chi connectivity index (χ1n) is 8.07. The van der Waals surface area contributed by atoms with Gasteiger partial charge in [0.05, 0.1) is 6.54 Å². The van der Waals surface area contributed by atoms with Crippen LogP contribution in [0.3, 0.4) is 0 Å².